The summed E-state index contributed by atoms with van der Waals surface area (Å²) in [7, 11) is 0. The number of rotatable bonds is 7. The van der Waals surface area contributed by atoms with E-state index in [0.717, 1.165) is 29.7 Å². The van der Waals surface area contributed by atoms with Crippen LogP contribution in [0.5, 0.6) is 11.5 Å². The zero-order valence-corrected chi connectivity index (χ0v) is 15.6. The summed E-state index contributed by atoms with van der Waals surface area (Å²) in [6.45, 7) is 11.6. The van der Waals surface area contributed by atoms with Gasteiger partial charge in [0.25, 0.3) is 0 Å². The van der Waals surface area contributed by atoms with Crippen LogP contribution < -0.4 is 4.74 Å². The van der Waals surface area contributed by atoms with Crippen LogP contribution in [0.4, 0.5) is 0 Å². The van der Waals surface area contributed by atoms with Crippen molar-refractivity contribution in [2.24, 2.45) is 0 Å². The van der Waals surface area contributed by atoms with Gasteiger partial charge in [-0.1, -0.05) is 46.8 Å². The monoisotopic (exact) mass is 326 g/mol. The summed E-state index contributed by atoms with van der Waals surface area (Å²) in [5.74, 6) is 2.27. The Morgan fingerprint density at radius 2 is 1.42 bits per heavy atom. The second kappa shape index (κ2) is 8.23. The molecular formula is C22H30O2. The van der Waals surface area contributed by atoms with Gasteiger partial charge in [-0.15, -0.1) is 0 Å². The van der Waals surface area contributed by atoms with Crippen LogP contribution in [-0.4, -0.2) is 11.7 Å². The maximum atomic E-state index is 9.80. The Bertz CT molecular complexity index is 645. The highest BCUT2D eigenvalue weighted by Crippen LogP contribution is 2.27. The zero-order valence-electron chi connectivity index (χ0n) is 15.6. The lowest BCUT2D eigenvalue weighted by Gasteiger charge is -2.15. The molecular weight excluding hydrogens is 296 g/mol. The molecule has 0 aliphatic carbocycles. The van der Waals surface area contributed by atoms with Crippen LogP contribution in [0.1, 0.15) is 68.7 Å². The van der Waals surface area contributed by atoms with Crippen molar-refractivity contribution in [3.05, 3.63) is 58.7 Å². The average molecular weight is 326 g/mol. The van der Waals surface area contributed by atoms with Gasteiger partial charge >= 0.3 is 0 Å². The Morgan fingerprint density at radius 1 is 0.833 bits per heavy atom. The van der Waals surface area contributed by atoms with Crippen molar-refractivity contribution < 1.29 is 9.84 Å². The first kappa shape index (κ1) is 18.4. The summed E-state index contributed by atoms with van der Waals surface area (Å²) in [5.41, 5.74) is 4.92. The molecule has 0 aliphatic heterocycles. The molecule has 2 aromatic carbocycles. The normalized spacial score (nSPS) is 11.3. The third-order valence-corrected chi connectivity index (χ3v) is 4.39. The molecule has 2 aromatic rings. The average Bonchev–Trinajstić information content (AvgIpc) is 2.53. The standard InChI is InChI=1S/C22H30O2/c1-6-17-9-18(11-21(23)10-17)7-8-24-22-13-19(15(2)3)12-20(14-22)16(4)5/h9-16,23H,6-8H2,1-5H3. The Kier molecular flexibility index (Phi) is 6.30. The molecule has 0 atom stereocenters. The lowest BCUT2D eigenvalue weighted by molar-refractivity contribution is 0.321. The van der Waals surface area contributed by atoms with E-state index >= 15 is 0 Å². The van der Waals surface area contributed by atoms with E-state index in [1.165, 1.54) is 11.1 Å². The summed E-state index contributed by atoms with van der Waals surface area (Å²) in [5, 5.41) is 9.80. The molecule has 2 rings (SSSR count). The highest BCUT2D eigenvalue weighted by atomic mass is 16.5. The Balaban J connectivity index is 2.07. The minimum atomic E-state index is 0.341. The summed E-state index contributed by atoms with van der Waals surface area (Å²) in [6.07, 6.45) is 1.72. The number of phenolic OH excluding ortho intramolecular Hbond substituents is 1. The second-order valence-corrected chi connectivity index (χ2v) is 7.10. The smallest absolute Gasteiger partial charge is 0.119 e. The number of aromatic hydroxyl groups is 1. The topological polar surface area (TPSA) is 29.5 Å². The molecule has 0 aromatic heterocycles. The molecule has 1 N–H and O–H groups in total. The van der Waals surface area contributed by atoms with E-state index in [-0.39, 0.29) is 0 Å². The van der Waals surface area contributed by atoms with Crippen molar-refractivity contribution >= 4 is 0 Å². The molecule has 130 valence electrons. The minimum Gasteiger partial charge on any atom is -0.508 e. The second-order valence-electron chi connectivity index (χ2n) is 7.10. The quantitative estimate of drug-likeness (QED) is 0.694. The van der Waals surface area contributed by atoms with E-state index in [1.807, 2.05) is 12.1 Å². The first-order chi connectivity index (χ1) is 11.4. The fraction of sp³-hybridized carbons (Fsp3) is 0.455. The van der Waals surface area contributed by atoms with Gasteiger partial charge in [-0.3, -0.25) is 0 Å². The van der Waals surface area contributed by atoms with Gasteiger partial charge < -0.3 is 9.84 Å². The number of aryl methyl sites for hydroxylation is 1. The lowest BCUT2D eigenvalue weighted by atomic mass is 9.95. The van der Waals surface area contributed by atoms with E-state index < -0.39 is 0 Å². The molecule has 0 heterocycles. The van der Waals surface area contributed by atoms with Crippen LogP contribution >= 0.6 is 0 Å². The molecule has 0 amide bonds. The first-order valence-corrected chi connectivity index (χ1v) is 8.98. The zero-order chi connectivity index (χ0) is 17.7. The third-order valence-electron chi connectivity index (χ3n) is 4.39. The van der Waals surface area contributed by atoms with E-state index in [1.54, 1.807) is 0 Å². The predicted molar refractivity (Wildman–Crippen MR) is 101 cm³/mol. The third kappa shape index (κ3) is 5.02. The van der Waals surface area contributed by atoms with Crippen LogP contribution in [0.3, 0.4) is 0 Å². The van der Waals surface area contributed by atoms with Crippen LogP contribution in [0.15, 0.2) is 36.4 Å². The fourth-order valence-corrected chi connectivity index (χ4v) is 2.77. The molecule has 2 nitrogen and oxygen atoms in total. The molecule has 0 radical (unpaired) electrons. The van der Waals surface area contributed by atoms with E-state index in [9.17, 15) is 5.11 Å². The number of benzene rings is 2. The molecule has 0 bridgehead atoms. The summed E-state index contributed by atoms with van der Waals surface area (Å²) >= 11 is 0. The molecule has 0 fully saturated rings. The molecule has 0 aliphatic rings. The number of hydrogen-bond donors (Lipinski definition) is 1. The van der Waals surface area contributed by atoms with Crippen molar-refractivity contribution in [3.8, 4) is 11.5 Å². The van der Waals surface area contributed by atoms with Gasteiger partial charge in [0, 0.05) is 6.42 Å². The number of phenols is 1. The van der Waals surface area contributed by atoms with E-state index in [0.29, 0.717) is 24.2 Å². The predicted octanol–water partition coefficient (Wildman–Crippen LogP) is 5.82. The maximum absolute atomic E-state index is 9.80. The fourth-order valence-electron chi connectivity index (χ4n) is 2.77. The summed E-state index contributed by atoms with van der Waals surface area (Å²) in [6, 6.07) is 12.4. The van der Waals surface area contributed by atoms with Gasteiger partial charge in [-0.25, -0.2) is 0 Å². The SMILES string of the molecule is CCc1cc(O)cc(CCOc2cc(C(C)C)cc(C(C)C)c2)c1. The lowest BCUT2D eigenvalue weighted by Crippen LogP contribution is -2.03. The molecule has 0 unspecified atom stereocenters. The minimum absolute atomic E-state index is 0.341. The van der Waals surface area contributed by atoms with Crippen LogP contribution in [-0.2, 0) is 12.8 Å². The molecule has 0 saturated heterocycles. The highest BCUT2D eigenvalue weighted by molar-refractivity contribution is 5.38. The van der Waals surface area contributed by atoms with Crippen molar-refractivity contribution in [2.75, 3.05) is 6.61 Å². The van der Waals surface area contributed by atoms with Crippen LogP contribution in [0, 0.1) is 0 Å². The van der Waals surface area contributed by atoms with Gasteiger partial charge in [0.2, 0.25) is 0 Å². The van der Waals surface area contributed by atoms with Crippen LogP contribution in [0.2, 0.25) is 0 Å². The number of ether oxygens (including phenoxy) is 1. The van der Waals surface area contributed by atoms with Crippen molar-refractivity contribution in [1.29, 1.82) is 0 Å². The van der Waals surface area contributed by atoms with Crippen molar-refractivity contribution in [2.45, 2.75) is 59.3 Å². The Hall–Kier alpha value is -1.96. The van der Waals surface area contributed by atoms with Gasteiger partial charge in [0.1, 0.15) is 11.5 Å². The highest BCUT2D eigenvalue weighted by Gasteiger charge is 2.08. The van der Waals surface area contributed by atoms with Crippen LogP contribution in [0.25, 0.3) is 0 Å². The first-order valence-electron chi connectivity index (χ1n) is 8.98. The number of hydrogen-bond acceptors (Lipinski definition) is 2. The van der Waals surface area contributed by atoms with Gasteiger partial charge in [-0.2, -0.15) is 0 Å². The van der Waals surface area contributed by atoms with Gasteiger partial charge in [-0.05, 0) is 64.8 Å². The van der Waals surface area contributed by atoms with E-state index in [2.05, 4.69) is 58.9 Å². The summed E-state index contributed by atoms with van der Waals surface area (Å²) in [4.78, 5) is 0. The van der Waals surface area contributed by atoms with Crippen molar-refractivity contribution in [3.63, 3.8) is 0 Å². The molecule has 0 spiro atoms. The maximum Gasteiger partial charge on any atom is 0.119 e. The van der Waals surface area contributed by atoms with Gasteiger partial charge in [0.15, 0.2) is 0 Å². The molecule has 24 heavy (non-hydrogen) atoms. The molecule has 0 saturated carbocycles. The summed E-state index contributed by atoms with van der Waals surface area (Å²) < 4.78 is 6.02. The Morgan fingerprint density at radius 3 is 1.96 bits per heavy atom. The largest absolute Gasteiger partial charge is 0.508 e. The molecule has 2 heteroatoms. The Labute approximate surface area is 146 Å². The van der Waals surface area contributed by atoms with Gasteiger partial charge in [0.05, 0.1) is 6.61 Å². The van der Waals surface area contributed by atoms with Crippen molar-refractivity contribution in [1.82, 2.24) is 0 Å². The van der Waals surface area contributed by atoms with E-state index in [4.69, 9.17) is 4.74 Å².